The number of nitrogens with two attached hydrogens (primary N) is 1. The molecular weight excluding hydrogens is 424 g/mol. The number of hydrazine groups is 3. The number of nitrogens with zero attached hydrogens (tertiary/aromatic N) is 6. The molecule has 0 spiro atoms. The Morgan fingerprint density at radius 2 is 2.16 bits per heavy atom. The third-order valence-electron chi connectivity index (χ3n) is 5.11. The molecule has 0 bridgehead atoms. The van der Waals surface area contributed by atoms with Gasteiger partial charge in [0.1, 0.15) is 17.2 Å². The number of carboxylic acid groups (broad SMARTS) is 1. The largest absolute Gasteiger partial charge is 0.477 e. The average Bonchev–Trinajstić information content (AvgIpc) is 3.01. The van der Waals surface area contributed by atoms with Gasteiger partial charge >= 0.3 is 5.97 Å². The number of amides is 1. The maximum absolute atomic E-state index is 12.7. The Balaban J connectivity index is 1.24. The number of hydrogen-bond acceptors (Lipinski definition) is 11. The van der Waals surface area contributed by atoms with Gasteiger partial charge in [-0.2, -0.15) is 15.1 Å². The van der Waals surface area contributed by atoms with Gasteiger partial charge in [0.25, 0.3) is 5.91 Å². The van der Waals surface area contributed by atoms with Gasteiger partial charge in [-0.25, -0.2) is 15.6 Å². The number of carbonyl (C=O) groups excluding carboxylic acids is 1. The van der Waals surface area contributed by atoms with Gasteiger partial charge < -0.3 is 14.9 Å². The molecule has 2 fully saturated rings. The molecule has 1 aromatic carbocycles. The third kappa shape index (κ3) is 3.33. The van der Waals surface area contributed by atoms with E-state index in [1.54, 1.807) is 43.2 Å². The fourth-order valence-corrected chi connectivity index (χ4v) is 4.36. The highest BCUT2D eigenvalue weighted by atomic mass is 32.1. The van der Waals surface area contributed by atoms with E-state index in [-0.39, 0.29) is 23.1 Å². The number of anilines is 1. The second kappa shape index (κ2) is 7.09. The molecule has 4 unspecified atom stereocenters. The highest BCUT2D eigenvalue weighted by Crippen LogP contribution is 2.45. The van der Waals surface area contributed by atoms with E-state index in [1.807, 2.05) is 5.01 Å². The number of aromatic carboxylic acids is 1. The van der Waals surface area contributed by atoms with E-state index in [1.165, 1.54) is 5.12 Å². The summed E-state index contributed by atoms with van der Waals surface area (Å²) in [6, 6.07) is 6.98. The maximum Gasteiger partial charge on any atom is 0.347 e. The lowest BCUT2D eigenvalue weighted by molar-refractivity contribution is 0.0700. The van der Waals surface area contributed by atoms with Crippen LogP contribution in [-0.4, -0.2) is 54.6 Å². The number of aryl methyl sites for hydroxylation is 2. The zero-order chi connectivity index (χ0) is 21.9. The molecule has 13 heteroatoms. The number of fused-ring (bicyclic) bond motifs is 1. The summed E-state index contributed by atoms with van der Waals surface area (Å²) >= 11 is 1.00. The van der Waals surface area contributed by atoms with Gasteiger partial charge in [-0.3, -0.25) is 4.79 Å². The molecule has 0 saturated carbocycles. The van der Waals surface area contributed by atoms with E-state index in [0.717, 1.165) is 11.3 Å². The van der Waals surface area contributed by atoms with Gasteiger partial charge in [-0.1, -0.05) is 28.6 Å². The quantitative estimate of drug-likeness (QED) is 0.286. The van der Waals surface area contributed by atoms with Crippen LogP contribution in [0.25, 0.3) is 11.4 Å². The molecule has 0 radical (unpaired) electrons. The molecule has 4 atom stereocenters. The van der Waals surface area contributed by atoms with Crippen LogP contribution in [-0.2, 0) is 0 Å². The Morgan fingerprint density at radius 1 is 1.35 bits per heavy atom. The number of carboxylic acids is 1. The second-order valence-electron chi connectivity index (χ2n) is 7.18. The summed E-state index contributed by atoms with van der Waals surface area (Å²) < 4.78 is 5.00. The van der Waals surface area contributed by atoms with Crippen LogP contribution >= 0.6 is 11.3 Å². The predicted octanol–water partition coefficient (Wildman–Crippen LogP) is 1.12. The molecule has 12 nitrogen and oxygen atoms in total. The SMILES string of the molecule is Cc1nc(-c2cccc(C(=O)NC3CC4N3N4N(N)c3nc(C)c(C(=O)O)s3)c2)no1. The lowest BCUT2D eigenvalue weighted by Gasteiger charge is -2.25. The van der Waals surface area contributed by atoms with Crippen molar-refractivity contribution in [3.63, 3.8) is 0 Å². The summed E-state index contributed by atoms with van der Waals surface area (Å²) in [6.45, 7) is 3.33. The minimum atomic E-state index is -1.04. The molecule has 2 saturated heterocycles. The first kappa shape index (κ1) is 19.6. The van der Waals surface area contributed by atoms with Crippen molar-refractivity contribution in [2.45, 2.75) is 32.6 Å². The molecule has 5 rings (SSSR count). The fourth-order valence-electron chi connectivity index (χ4n) is 3.53. The van der Waals surface area contributed by atoms with E-state index < -0.39 is 5.97 Å². The third-order valence-corrected chi connectivity index (χ3v) is 6.25. The van der Waals surface area contributed by atoms with Crippen LogP contribution in [0.15, 0.2) is 28.8 Å². The van der Waals surface area contributed by atoms with Gasteiger partial charge in [0.2, 0.25) is 16.8 Å². The summed E-state index contributed by atoms with van der Waals surface area (Å²) in [4.78, 5) is 32.5. The van der Waals surface area contributed by atoms with Crippen LogP contribution in [0.1, 0.15) is 38.0 Å². The fraction of sp³-hybridized carbons (Fsp3) is 0.278. The first-order valence-electron chi connectivity index (χ1n) is 9.38. The second-order valence-corrected chi connectivity index (χ2v) is 8.16. The summed E-state index contributed by atoms with van der Waals surface area (Å²) in [6.07, 6.45) is 0.500. The van der Waals surface area contributed by atoms with Crippen LogP contribution in [0.2, 0.25) is 0 Å². The molecule has 4 N–H and O–H groups in total. The molecule has 2 aliphatic heterocycles. The minimum Gasteiger partial charge on any atom is -0.477 e. The number of thiazole rings is 1. The lowest BCUT2D eigenvalue weighted by atomic mass is 10.1. The van der Waals surface area contributed by atoms with Gasteiger partial charge in [0, 0.05) is 24.5 Å². The molecule has 3 aromatic rings. The smallest absolute Gasteiger partial charge is 0.347 e. The maximum atomic E-state index is 12.7. The van der Waals surface area contributed by atoms with Crippen LogP contribution in [0.3, 0.4) is 0 Å². The zero-order valence-electron chi connectivity index (χ0n) is 16.5. The van der Waals surface area contributed by atoms with Crippen molar-refractivity contribution < 1.29 is 19.2 Å². The number of benzene rings is 1. The normalized spacial score (nSPS) is 23.6. The number of aromatic nitrogens is 3. The first-order chi connectivity index (χ1) is 14.8. The summed E-state index contributed by atoms with van der Waals surface area (Å²) in [5.74, 6) is 5.73. The lowest BCUT2D eigenvalue weighted by Crippen LogP contribution is -2.48. The summed E-state index contributed by atoms with van der Waals surface area (Å²) in [5.41, 5.74) is 1.57. The Labute approximate surface area is 179 Å². The summed E-state index contributed by atoms with van der Waals surface area (Å²) in [5, 5.41) is 21.4. The molecule has 2 aliphatic rings. The van der Waals surface area contributed by atoms with E-state index in [2.05, 4.69) is 20.4 Å². The molecule has 31 heavy (non-hydrogen) atoms. The highest BCUT2D eigenvalue weighted by Gasteiger charge is 2.63. The standard InChI is InChI=1S/C18H18N8O4S/c1-8-14(17(28)29)31-18(20-8)25(19)26-13-7-12(24(13)26)22-16(27)11-5-3-4-10(6-11)15-21-9(2)30-23-15/h3-6,12-13H,7,19H2,1-2H3,(H,22,27)(H,28,29). The Bertz CT molecular complexity index is 1190. The molecule has 160 valence electrons. The minimum absolute atomic E-state index is 0.0430. The van der Waals surface area contributed by atoms with E-state index in [0.29, 0.717) is 40.1 Å². The van der Waals surface area contributed by atoms with Gasteiger partial charge in [-0.15, -0.1) is 5.12 Å². The van der Waals surface area contributed by atoms with Crippen LogP contribution in [0, 0.1) is 13.8 Å². The number of carbonyl (C=O) groups is 2. The molecule has 0 aliphatic carbocycles. The van der Waals surface area contributed by atoms with Crippen LogP contribution < -0.4 is 16.3 Å². The average molecular weight is 442 g/mol. The van der Waals surface area contributed by atoms with Crippen molar-refractivity contribution in [3.8, 4) is 11.4 Å². The van der Waals surface area contributed by atoms with E-state index in [4.69, 9.17) is 10.4 Å². The number of hydrogen-bond donors (Lipinski definition) is 3. The van der Waals surface area contributed by atoms with E-state index in [9.17, 15) is 14.7 Å². The Morgan fingerprint density at radius 3 is 2.84 bits per heavy atom. The highest BCUT2D eigenvalue weighted by molar-refractivity contribution is 7.17. The van der Waals surface area contributed by atoms with Crippen molar-refractivity contribution in [2.75, 3.05) is 5.12 Å². The van der Waals surface area contributed by atoms with Crippen molar-refractivity contribution in [2.24, 2.45) is 5.84 Å². The zero-order valence-corrected chi connectivity index (χ0v) is 17.3. The topological polar surface area (TPSA) is 153 Å². The first-order valence-corrected chi connectivity index (χ1v) is 10.2. The van der Waals surface area contributed by atoms with Crippen LogP contribution in [0.4, 0.5) is 5.13 Å². The van der Waals surface area contributed by atoms with Crippen molar-refractivity contribution in [1.82, 2.24) is 30.6 Å². The molecule has 1 amide bonds. The molecule has 4 heterocycles. The monoisotopic (exact) mass is 442 g/mol. The molecular formula is C18H18N8O4S. The van der Waals surface area contributed by atoms with Gasteiger partial charge in [0.05, 0.1) is 5.69 Å². The van der Waals surface area contributed by atoms with E-state index >= 15 is 0 Å². The van der Waals surface area contributed by atoms with Crippen molar-refractivity contribution >= 4 is 28.3 Å². The van der Waals surface area contributed by atoms with Crippen molar-refractivity contribution in [1.29, 1.82) is 0 Å². The van der Waals surface area contributed by atoms with Gasteiger partial charge in [0.15, 0.2) is 0 Å². The summed E-state index contributed by atoms with van der Waals surface area (Å²) in [7, 11) is 0. The Hall–Kier alpha value is -3.39. The number of rotatable bonds is 6. The Kier molecular flexibility index (Phi) is 4.48. The van der Waals surface area contributed by atoms with Crippen LogP contribution in [0.5, 0.6) is 0 Å². The van der Waals surface area contributed by atoms with Crippen molar-refractivity contribution in [3.05, 3.63) is 46.3 Å². The molecule has 2 aromatic heterocycles. The van der Waals surface area contributed by atoms with Gasteiger partial charge in [-0.05, 0) is 19.1 Å². The predicted molar refractivity (Wildman–Crippen MR) is 108 cm³/mol. The number of nitrogens with one attached hydrogen (secondary N) is 1.